The minimum Gasteiger partial charge on any atom is -0.482 e. The molecule has 0 spiro atoms. The van der Waals surface area contributed by atoms with Gasteiger partial charge in [0.1, 0.15) is 17.6 Å². The van der Waals surface area contributed by atoms with Crippen LogP contribution in [0.2, 0.25) is 0 Å². The van der Waals surface area contributed by atoms with E-state index in [0.717, 1.165) is 33.6 Å². The maximum atomic E-state index is 11.7. The molecule has 1 amide bonds. The third kappa shape index (κ3) is 3.81. The Labute approximate surface area is 178 Å². The monoisotopic (exact) mass is 401 g/mol. The maximum Gasteiger partial charge on any atom is 0.262 e. The summed E-state index contributed by atoms with van der Waals surface area (Å²) in [5, 5.41) is 2.89. The van der Waals surface area contributed by atoms with Crippen LogP contribution < -0.4 is 14.8 Å². The van der Waals surface area contributed by atoms with Crippen molar-refractivity contribution in [2.45, 2.75) is 26.9 Å². The van der Waals surface area contributed by atoms with Crippen LogP contribution in [0, 0.1) is 6.92 Å². The van der Waals surface area contributed by atoms with Gasteiger partial charge < -0.3 is 14.8 Å². The van der Waals surface area contributed by atoms with E-state index in [4.69, 9.17) is 9.47 Å². The first kappa shape index (κ1) is 19.8. The van der Waals surface area contributed by atoms with Crippen LogP contribution in [0.4, 0.5) is 5.69 Å². The molecule has 2 aliphatic heterocycles. The number of anilines is 1. The van der Waals surface area contributed by atoms with Crippen molar-refractivity contribution in [2.75, 3.05) is 11.9 Å². The molecular formula is C26H27NO3. The fourth-order valence-corrected chi connectivity index (χ4v) is 3.67. The highest BCUT2D eigenvalue weighted by Crippen LogP contribution is 2.43. The molecule has 0 saturated carbocycles. The SMILES string of the molecule is CC.Cc1ccc2c(c1)OC(c1ccccc1)C(c1ccc3c(c1)NC(=O)CO3)=C2.[HH]. The van der Waals surface area contributed by atoms with Crippen molar-refractivity contribution in [3.63, 3.8) is 0 Å². The van der Waals surface area contributed by atoms with E-state index in [-0.39, 0.29) is 20.0 Å². The number of aryl methyl sites for hydroxylation is 1. The topological polar surface area (TPSA) is 47.6 Å². The number of carbonyl (C=O) groups is 1. The Balaban J connectivity index is 0.000000883. The number of benzene rings is 3. The van der Waals surface area contributed by atoms with Crippen molar-refractivity contribution < 1.29 is 15.7 Å². The highest BCUT2D eigenvalue weighted by Gasteiger charge is 2.27. The Morgan fingerprint density at radius 3 is 2.57 bits per heavy atom. The predicted molar refractivity (Wildman–Crippen MR) is 123 cm³/mol. The van der Waals surface area contributed by atoms with Gasteiger partial charge in [-0.2, -0.15) is 0 Å². The number of amides is 1. The normalized spacial score (nSPS) is 16.4. The minimum absolute atomic E-state index is 0. The van der Waals surface area contributed by atoms with Gasteiger partial charge in [0, 0.05) is 12.6 Å². The van der Waals surface area contributed by atoms with Crippen molar-refractivity contribution in [1.29, 1.82) is 0 Å². The van der Waals surface area contributed by atoms with E-state index >= 15 is 0 Å². The second-order valence-electron chi connectivity index (χ2n) is 7.10. The molecule has 3 aromatic carbocycles. The van der Waals surface area contributed by atoms with Crippen LogP contribution in [0.25, 0.3) is 11.6 Å². The molecular weight excluding hydrogens is 374 g/mol. The molecule has 4 heteroatoms. The zero-order valence-corrected chi connectivity index (χ0v) is 17.4. The summed E-state index contributed by atoms with van der Waals surface area (Å²) in [5.74, 6) is 1.43. The average Bonchev–Trinajstić information content (AvgIpc) is 2.79. The van der Waals surface area contributed by atoms with E-state index in [9.17, 15) is 4.79 Å². The fraction of sp³-hybridized carbons (Fsp3) is 0.192. The van der Waals surface area contributed by atoms with Crippen LogP contribution in [-0.2, 0) is 4.79 Å². The number of fused-ring (bicyclic) bond motifs is 2. The van der Waals surface area contributed by atoms with Crippen molar-refractivity contribution in [3.8, 4) is 11.5 Å². The summed E-state index contributed by atoms with van der Waals surface area (Å²) < 4.78 is 11.9. The Hall–Kier alpha value is -3.53. The van der Waals surface area contributed by atoms with Gasteiger partial charge in [0.25, 0.3) is 5.91 Å². The predicted octanol–water partition coefficient (Wildman–Crippen LogP) is 6.27. The molecule has 3 aromatic rings. The molecule has 1 unspecified atom stereocenters. The summed E-state index contributed by atoms with van der Waals surface area (Å²) in [6.45, 7) is 6.12. The lowest BCUT2D eigenvalue weighted by molar-refractivity contribution is -0.118. The lowest BCUT2D eigenvalue weighted by atomic mass is 9.90. The number of carbonyl (C=O) groups excluding carboxylic acids is 1. The molecule has 0 radical (unpaired) electrons. The molecule has 5 rings (SSSR count). The molecule has 154 valence electrons. The van der Waals surface area contributed by atoms with Crippen molar-refractivity contribution in [3.05, 3.63) is 89.0 Å². The summed E-state index contributed by atoms with van der Waals surface area (Å²) in [4.78, 5) is 11.7. The average molecular weight is 402 g/mol. The Bertz CT molecular complexity index is 1110. The van der Waals surface area contributed by atoms with E-state index in [1.54, 1.807) is 0 Å². The van der Waals surface area contributed by atoms with Gasteiger partial charge in [-0.25, -0.2) is 0 Å². The molecule has 0 aromatic heterocycles. The van der Waals surface area contributed by atoms with E-state index in [1.807, 2.05) is 50.2 Å². The molecule has 2 heterocycles. The summed E-state index contributed by atoms with van der Waals surface area (Å²) >= 11 is 0. The summed E-state index contributed by atoms with van der Waals surface area (Å²) in [7, 11) is 0. The number of rotatable bonds is 2. The summed E-state index contributed by atoms with van der Waals surface area (Å²) in [6.07, 6.45) is 1.94. The van der Waals surface area contributed by atoms with Crippen LogP contribution in [0.5, 0.6) is 11.5 Å². The largest absolute Gasteiger partial charge is 0.482 e. The lowest BCUT2D eigenvalue weighted by Crippen LogP contribution is -2.25. The molecule has 0 aliphatic carbocycles. The van der Waals surface area contributed by atoms with Gasteiger partial charge in [-0.15, -0.1) is 0 Å². The van der Waals surface area contributed by atoms with Crippen LogP contribution in [0.15, 0.2) is 66.7 Å². The quantitative estimate of drug-likeness (QED) is 0.550. The van der Waals surface area contributed by atoms with Gasteiger partial charge in [0.15, 0.2) is 6.61 Å². The van der Waals surface area contributed by atoms with Gasteiger partial charge in [-0.3, -0.25) is 4.79 Å². The number of hydrogen-bond acceptors (Lipinski definition) is 3. The van der Waals surface area contributed by atoms with E-state index in [1.165, 1.54) is 0 Å². The van der Waals surface area contributed by atoms with Gasteiger partial charge >= 0.3 is 0 Å². The number of hydrogen-bond donors (Lipinski definition) is 1. The summed E-state index contributed by atoms with van der Waals surface area (Å²) in [5.41, 5.74) is 6.02. The van der Waals surface area contributed by atoms with Crippen LogP contribution >= 0.6 is 0 Å². The maximum absolute atomic E-state index is 11.7. The second kappa shape index (κ2) is 8.46. The van der Waals surface area contributed by atoms with Crippen molar-refractivity contribution >= 4 is 23.2 Å². The first-order chi connectivity index (χ1) is 14.7. The van der Waals surface area contributed by atoms with E-state index in [0.29, 0.717) is 11.4 Å². The standard InChI is InChI=1S/C24H19NO3.C2H6.H2/c1-15-7-8-18-12-19(17-9-10-21-20(13-17)25-23(26)14-27-21)24(28-22(18)11-15)16-5-3-2-4-6-16;1-2;/h2-13,24H,14H2,1H3,(H,25,26);1-2H3;1H. The Morgan fingerprint density at radius 1 is 0.967 bits per heavy atom. The van der Waals surface area contributed by atoms with Crippen LogP contribution in [-0.4, -0.2) is 12.5 Å². The zero-order chi connectivity index (χ0) is 21.1. The molecule has 30 heavy (non-hydrogen) atoms. The van der Waals surface area contributed by atoms with Gasteiger partial charge in [0.05, 0.1) is 5.69 Å². The number of ether oxygens (including phenoxy) is 2. The van der Waals surface area contributed by atoms with Gasteiger partial charge in [-0.05, 0) is 47.9 Å². The van der Waals surface area contributed by atoms with Crippen molar-refractivity contribution in [1.82, 2.24) is 0 Å². The first-order valence-electron chi connectivity index (χ1n) is 10.3. The molecule has 2 aliphatic rings. The molecule has 4 nitrogen and oxygen atoms in total. The Kier molecular flexibility index (Phi) is 5.57. The van der Waals surface area contributed by atoms with Crippen LogP contribution in [0.1, 0.15) is 43.6 Å². The minimum atomic E-state index is -0.228. The van der Waals surface area contributed by atoms with Gasteiger partial charge in [0.2, 0.25) is 0 Å². The van der Waals surface area contributed by atoms with Crippen LogP contribution in [0.3, 0.4) is 0 Å². The smallest absolute Gasteiger partial charge is 0.262 e. The molecule has 1 N–H and O–H groups in total. The number of nitrogens with one attached hydrogen (secondary N) is 1. The highest BCUT2D eigenvalue weighted by molar-refractivity contribution is 5.97. The second-order valence-corrected chi connectivity index (χ2v) is 7.10. The highest BCUT2D eigenvalue weighted by atomic mass is 16.5. The zero-order valence-electron chi connectivity index (χ0n) is 17.4. The molecule has 0 bridgehead atoms. The first-order valence-corrected chi connectivity index (χ1v) is 10.3. The van der Waals surface area contributed by atoms with E-state index < -0.39 is 0 Å². The molecule has 0 saturated heterocycles. The molecule has 1 atom stereocenters. The van der Waals surface area contributed by atoms with Gasteiger partial charge in [-0.1, -0.05) is 62.4 Å². The summed E-state index contributed by atoms with van der Waals surface area (Å²) in [6, 6.07) is 22.3. The third-order valence-electron chi connectivity index (χ3n) is 5.06. The fourth-order valence-electron chi connectivity index (χ4n) is 3.67. The van der Waals surface area contributed by atoms with E-state index in [2.05, 4.69) is 48.6 Å². The molecule has 0 fully saturated rings. The lowest BCUT2D eigenvalue weighted by Gasteiger charge is -2.29. The third-order valence-corrected chi connectivity index (χ3v) is 5.06. The van der Waals surface area contributed by atoms with Crippen molar-refractivity contribution in [2.24, 2.45) is 0 Å². The Morgan fingerprint density at radius 2 is 1.77 bits per heavy atom.